The fraction of sp³-hybridized carbons (Fsp3) is 0.500. The SMILES string of the molecule is O=C(C1COc2ccccc2O1)N1CCC(Cl)CC1. The van der Waals surface area contributed by atoms with E-state index in [0.717, 1.165) is 12.8 Å². The van der Waals surface area contributed by atoms with Crippen LogP contribution in [0, 0.1) is 0 Å². The quantitative estimate of drug-likeness (QED) is 0.740. The molecule has 0 aromatic heterocycles. The van der Waals surface area contributed by atoms with E-state index >= 15 is 0 Å². The van der Waals surface area contributed by atoms with Gasteiger partial charge in [0.2, 0.25) is 6.10 Å². The molecule has 2 aliphatic rings. The minimum absolute atomic E-state index is 0.00179. The summed E-state index contributed by atoms with van der Waals surface area (Å²) in [4.78, 5) is 14.2. The van der Waals surface area contributed by atoms with Crippen LogP contribution < -0.4 is 9.47 Å². The van der Waals surface area contributed by atoms with E-state index in [4.69, 9.17) is 21.1 Å². The summed E-state index contributed by atoms with van der Waals surface area (Å²) in [6.45, 7) is 1.68. The Bertz CT molecular complexity index is 472. The summed E-state index contributed by atoms with van der Waals surface area (Å²) in [7, 11) is 0. The topological polar surface area (TPSA) is 38.8 Å². The van der Waals surface area contributed by atoms with Crippen molar-refractivity contribution in [3.05, 3.63) is 24.3 Å². The molecule has 1 fully saturated rings. The van der Waals surface area contributed by atoms with E-state index in [1.54, 1.807) is 0 Å². The number of benzene rings is 1. The number of ether oxygens (including phenoxy) is 2. The van der Waals surface area contributed by atoms with Gasteiger partial charge in [0, 0.05) is 18.5 Å². The molecule has 0 radical (unpaired) electrons. The zero-order chi connectivity index (χ0) is 13.2. The molecule has 0 saturated carbocycles. The number of carbonyl (C=O) groups excluding carboxylic acids is 1. The predicted octanol–water partition coefficient (Wildman–Crippen LogP) is 2.06. The smallest absolute Gasteiger partial charge is 0.267 e. The molecule has 0 bridgehead atoms. The molecule has 5 heteroatoms. The van der Waals surface area contributed by atoms with Crippen molar-refractivity contribution in [2.75, 3.05) is 19.7 Å². The summed E-state index contributed by atoms with van der Waals surface area (Å²) in [5.41, 5.74) is 0. The van der Waals surface area contributed by atoms with Crippen LogP contribution in [0.2, 0.25) is 0 Å². The highest BCUT2D eigenvalue weighted by atomic mass is 35.5. The Kier molecular flexibility index (Phi) is 3.51. The molecule has 1 atom stereocenters. The average Bonchev–Trinajstić information content (AvgIpc) is 2.47. The monoisotopic (exact) mass is 281 g/mol. The average molecular weight is 282 g/mol. The first-order chi connectivity index (χ1) is 9.24. The number of likely N-dealkylation sites (tertiary alicyclic amines) is 1. The highest BCUT2D eigenvalue weighted by molar-refractivity contribution is 6.20. The second-order valence-corrected chi connectivity index (χ2v) is 5.48. The number of para-hydroxylation sites is 2. The highest BCUT2D eigenvalue weighted by Gasteiger charge is 2.32. The number of halogens is 1. The molecule has 1 aromatic rings. The van der Waals surface area contributed by atoms with Gasteiger partial charge in [-0.3, -0.25) is 4.79 Å². The van der Waals surface area contributed by atoms with Crippen LogP contribution in [0.1, 0.15) is 12.8 Å². The van der Waals surface area contributed by atoms with Crippen LogP contribution in [0.25, 0.3) is 0 Å². The molecule has 1 unspecified atom stereocenters. The number of nitrogens with zero attached hydrogens (tertiary/aromatic N) is 1. The van der Waals surface area contributed by atoms with Crippen LogP contribution in [0.4, 0.5) is 0 Å². The third-order valence-corrected chi connectivity index (χ3v) is 3.96. The van der Waals surface area contributed by atoms with Crippen LogP contribution >= 0.6 is 11.6 Å². The lowest BCUT2D eigenvalue weighted by Crippen LogP contribution is -2.49. The van der Waals surface area contributed by atoms with Gasteiger partial charge in [-0.05, 0) is 25.0 Å². The van der Waals surface area contributed by atoms with Crippen molar-refractivity contribution in [2.45, 2.75) is 24.3 Å². The number of rotatable bonds is 1. The van der Waals surface area contributed by atoms with Gasteiger partial charge in [-0.25, -0.2) is 0 Å². The van der Waals surface area contributed by atoms with Crippen molar-refractivity contribution in [2.24, 2.45) is 0 Å². The van der Waals surface area contributed by atoms with Crippen molar-refractivity contribution in [3.8, 4) is 11.5 Å². The molecular weight excluding hydrogens is 266 g/mol. The van der Waals surface area contributed by atoms with E-state index in [1.807, 2.05) is 29.2 Å². The van der Waals surface area contributed by atoms with E-state index in [-0.39, 0.29) is 17.9 Å². The number of fused-ring (bicyclic) bond motifs is 1. The van der Waals surface area contributed by atoms with E-state index in [1.165, 1.54) is 0 Å². The maximum Gasteiger partial charge on any atom is 0.267 e. The Morgan fingerprint density at radius 1 is 1.21 bits per heavy atom. The molecule has 4 nitrogen and oxygen atoms in total. The van der Waals surface area contributed by atoms with Crippen molar-refractivity contribution >= 4 is 17.5 Å². The van der Waals surface area contributed by atoms with Gasteiger partial charge in [-0.1, -0.05) is 12.1 Å². The third kappa shape index (κ3) is 2.63. The largest absolute Gasteiger partial charge is 0.485 e. The molecule has 2 heterocycles. The van der Waals surface area contributed by atoms with Crippen molar-refractivity contribution in [1.82, 2.24) is 4.90 Å². The van der Waals surface area contributed by atoms with E-state index in [0.29, 0.717) is 24.6 Å². The summed E-state index contributed by atoms with van der Waals surface area (Å²) < 4.78 is 11.3. The molecule has 2 aliphatic heterocycles. The van der Waals surface area contributed by atoms with Gasteiger partial charge in [-0.15, -0.1) is 11.6 Å². The van der Waals surface area contributed by atoms with Gasteiger partial charge >= 0.3 is 0 Å². The fourth-order valence-corrected chi connectivity index (χ4v) is 2.61. The Balaban J connectivity index is 1.66. The Morgan fingerprint density at radius 3 is 2.63 bits per heavy atom. The van der Waals surface area contributed by atoms with Gasteiger partial charge in [-0.2, -0.15) is 0 Å². The molecular formula is C14H16ClNO3. The molecule has 102 valence electrons. The van der Waals surface area contributed by atoms with Crippen molar-refractivity contribution in [3.63, 3.8) is 0 Å². The standard InChI is InChI=1S/C14H16ClNO3/c15-10-5-7-16(8-6-10)14(17)13-9-18-11-3-1-2-4-12(11)19-13/h1-4,10,13H,5-9H2. The predicted molar refractivity (Wildman–Crippen MR) is 71.8 cm³/mol. The van der Waals surface area contributed by atoms with Gasteiger partial charge in [0.1, 0.15) is 6.61 Å². The van der Waals surface area contributed by atoms with Crippen LogP contribution in [0.3, 0.4) is 0 Å². The molecule has 1 amide bonds. The van der Waals surface area contributed by atoms with Crippen molar-refractivity contribution in [1.29, 1.82) is 0 Å². The van der Waals surface area contributed by atoms with E-state index in [2.05, 4.69) is 0 Å². The Morgan fingerprint density at radius 2 is 1.89 bits per heavy atom. The number of alkyl halides is 1. The van der Waals surface area contributed by atoms with Gasteiger partial charge < -0.3 is 14.4 Å². The summed E-state index contributed by atoms with van der Waals surface area (Å²) in [6, 6.07) is 7.42. The lowest BCUT2D eigenvalue weighted by Gasteiger charge is -2.33. The Labute approximate surface area is 117 Å². The summed E-state index contributed by atoms with van der Waals surface area (Å²) in [5.74, 6) is 1.34. The highest BCUT2D eigenvalue weighted by Crippen LogP contribution is 2.31. The van der Waals surface area contributed by atoms with Crippen LogP contribution in [0.15, 0.2) is 24.3 Å². The number of hydrogen-bond donors (Lipinski definition) is 0. The zero-order valence-corrected chi connectivity index (χ0v) is 11.3. The molecule has 1 aromatic carbocycles. The first-order valence-corrected chi connectivity index (χ1v) is 6.99. The zero-order valence-electron chi connectivity index (χ0n) is 10.5. The lowest BCUT2D eigenvalue weighted by molar-refractivity contribution is -0.142. The molecule has 0 N–H and O–H groups in total. The normalized spacial score (nSPS) is 23.2. The van der Waals surface area contributed by atoms with E-state index < -0.39 is 6.10 Å². The van der Waals surface area contributed by atoms with Crippen LogP contribution in [-0.4, -0.2) is 42.0 Å². The van der Waals surface area contributed by atoms with Crippen LogP contribution in [0.5, 0.6) is 11.5 Å². The van der Waals surface area contributed by atoms with Gasteiger partial charge in [0.15, 0.2) is 11.5 Å². The maximum atomic E-state index is 12.3. The molecule has 3 rings (SSSR count). The molecule has 0 aliphatic carbocycles. The van der Waals surface area contributed by atoms with Gasteiger partial charge in [0.05, 0.1) is 0 Å². The number of hydrogen-bond acceptors (Lipinski definition) is 3. The number of amides is 1. The first-order valence-electron chi connectivity index (χ1n) is 6.55. The second-order valence-electron chi connectivity index (χ2n) is 4.86. The van der Waals surface area contributed by atoms with Crippen molar-refractivity contribution < 1.29 is 14.3 Å². The minimum atomic E-state index is -0.540. The number of piperidine rings is 1. The van der Waals surface area contributed by atoms with Gasteiger partial charge in [0.25, 0.3) is 5.91 Å². The van der Waals surface area contributed by atoms with E-state index in [9.17, 15) is 4.79 Å². The maximum absolute atomic E-state index is 12.3. The summed E-state index contributed by atoms with van der Waals surface area (Å²) in [6.07, 6.45) is 1.15. The minimum Gasteiger partial charge on any atom is -0.485 e. The summed E-state index contributed by atoms with van der Waals surface area (Å²) in [5, 5.41) is 0.188. The lowest BCUT2D eigenvalue weighted by atomic mass is 10.1. The molecule has 0 spiro atoms. The third-order valence-electron chi connectivity index (χ3n) is 3.52. The second kappa shape index (κ2) is 5.29. The molecule has 19 heavy (non-hydrogen) atoms. The first kappa shape index (κ1) is 12.6. The number of carbonyl (C=O) groups is 1. The Hall–Kier alpha value is -1.42. The summed E-state index contributed by atoms with van der Waals surface area (Å²) >= 11 is 6.05. The van der Waals surface area contributed by atoms with Crippen LogP contribution in [-0.2, 0) is 4.79 Å². The molecule has 1 saturated heterocycles. The fourth-order valence-electron chi connectivity index (χ4n) is 2.41.